The third kappa shape index (κ3) is 7.54. The fourth-order valence-electron chi connectivity index (χ4n) is 3.13. The van der Waals surface area contributed by atoms with E-state index in [0.29, 0.717) is 46.1 Å². The van der Waals surface area contributed by atoms with E-state index in [4.69, 9.17) is 28.0 Å². The third-order valence-electron chi connectivity index (χ3n) is 3.81. The zero-order chi connectivity index (χ0) is 16.8. The number of hydrogen-bond acceptors (Lipinski definition) is 6. The minimum absolute atomic E-state index is 0.000942. The van der Waals surface area contributed by atoms with Crippen molar-refractivity contribution in [3.63, 3.8) is 0 Å². The van der Waals surface area contributed by atoms with Crippen LogP contribution in [0, 0.1) is 10.8 Å². The van der Waals surface area contributed by atoms with Gasteiger partial charge in [0.2, 0.25) is 0 Å². The fraction of sp³-hybridized carbons (Fsp3) is 1.00. The van der Waals surface area contributed by atoms with Crippen LogP contribution < -0.4 is 0 Å². The van der Waals surface area contributed by atoms with Crippen LogP contribution in [0.1, 0.15) is 40.5 Å². The van der Waals surface area contributed by atoms with Crippen LogP contribution in [-0.2, 0) is 28.0 Å². The summed E-state index contributed by atoms with van der Waals surface area (Å²) in [5.74, 6) is 0. The molecule has 0 aromatic heterocycles. The van der Waals surface area contributed by atoms with E-state index in [1.54, 1.807) is 0 Å². The van der Waals surface area contributed by atoms with Crippen LogP contribution in [0.4, 0.5) is 0 Å². The highest BCUT2D eigenvalue weighted by atomic mass is 16.7. The molecule has 0 spiro atoms. The molecule has 6 nitrogen and oxygen atoms in total. The molecular formula is C15H30B2O6. The molecule has 2 fully saturated rings. The van der Waals surface area contributed by atoms with Gasteiger partial charge < -0.3 is 28.0 Å². The summed E-state index contributed by atoms with van der Waals surface area (Å²) in [6.07, 6.45) is 1.89. The van der Waals surface area contributed by atoms with Crippen LogP contribution in [0.2, 0.25) is 0 Å². The lowest BCUT2D eigenvalue weighted by molar-refractivity contribution is 0.00653. The van der Waals surface area contributed by atoms with E-state index in [1.807, 2.05) is 0 Å². The Morgan fingerprint density at radius 2 is 1.48 bits per heavy atom. The van der Waals surface area contributed by atoms with Crippen molar-refractivity contribution in [2.75, 3.05) is 46.1 Å². The van der Waals surface area contributed by atoms with Gasteiger partial charge in [0, 0.05) is 26.4 Å². The summed E-state index contributed by atoms with van der Waals surface area (Å²) in [6.45, 7) is 13.2. The molecule has 132 valence electrons. The minimum Gasteiger partial charge on any atom is -0.409 e. The average molecular weight is 328 g/mol. The Morgan fingerprint density at radius 3 is 2.09 bits per heavy atom. The van der Waals surface area contributed by atoms with Gasteiger partial charge in [-0.1, -0.05) is 27.7 Å². The molecule has 2 aliphatic rings. The Hall–Kier alpha value is -0.110. The smallest absolute Gasteiger partial charge is 0.409 e. The Labute approximate surface area is 140 Å². The summed E-state index contributed by atoms with van der Waals surface area (Å²) in [5, 5.41) is 0. The number of rotatable bonds is 8. The average Bonchev–Trinajstić information content (AvgIpc) is 2.52. The molecule has 0 aromatic rings. The van der Waals surface area contributed by atoms with Gasteiger partial charge >= 0.3 is 14.4 Å². The lowest BCUT2D eigenvalue weighted by Crippen LogP contribution is -2.40. The Balaban J connectivity index is 1.70. The normalized spacial score (nSPS) is 20.9. The zero-order valence-electron chi connectivity index (χ0n) is 15.0. The van der Waals surface area contributed by atoms with Gasteiger partial charge in [-0.25, -0.2) is 0 Å². The molecule has 0 radical (unpaired) electrons. The Kier molecular flexibility index (Phi) is 7.38. The van der Waals surface area contributed by atoms with Gasteiger partial charge in [-0.2, -0.15) is 0 Å². The molecule has 0 bridgehead atoms. The van der Waals surface area contributed by atoms with Gasteiger partial charge in [0.05, 0.1) is 19.7 Å². The van der Waals surface area contributed by atoms with E-state index < -0.39 is 7.32 Å². The highest BCUT2D eigenvalue weighted by molar-refractivity contribution is 6.44. The molecule has 23 heavy (non-hydrogen) atoms. The second-order valence-electron chi connectivity index (χ2n) is 7.89. The van der Waals surface area contributed by atoms with Crippen LogP contribution in [0.25, 0.3) is 0 Å². The maximum Gasteiger partial charge on any atom is 0.639 e. The standard InChI is InChI=1S/C15H30B2O6/c1-14(2,11-22-16-13-18-8-9-19-16)10-15(3,4)12-23-17-20-6-5-7-21-17/h5-13H2,1-4H3. The van der Waals surface area contributed by atoms with Gasteiger partial charge in [0.15, 0.2) is 0 Å². The van der Waals surface area contributed by atoms with Crippen LogP contribution in [-0.4, -0.2) is 60.6 Å². The molecule has 0 N–H and O–H groups in total. The van der Waals surface area contributed by atoms with Crippen molar-refractivity contribution in [1.82, 2.24) is 0 Å². The molecule has 0 saturated carbocycles. The van der Waals surface area contributed by atoms with Crippen LogP contribution in [0.5, 0.6) is 0 Å². The largest absolute Gasteiger partial charge is 0.639 e. The van der Waals surface area contributed by atoms with Crippen molar-refractivity contribution < 1.29 is 28.0 Å². The summed E-state index contributed by atoms with van der Waals surface area (Å²) in [4.78, 5) is 0. The van der Waals surface area contributed by atoms with Crippen molar-refractivity contribution in [2.24, 2.45) is 10.8 Å². The van der Waals surface area contributed by atoms with Crippen LogP contribution in [0.15, 0.2) is 0 Å². The lowest BCUT2D eigenvalue weighted by Gasteiger charge is -2.36. The van der Waals surface area contributed by atoms with E-state index in [-0.39, 0.29) is 17.9 Å². The predicted octanol–water partition coefficient (Wildman–Crippen LogP) is 1.96. The van der Waals surface area contributed by atoms with Crippen molar-refractivity contribution in [3.8, 4) is 0 Å². The molecule has 0 aromatic carbocycles. The Morgan fingerprint density at radius 1 is 0.826 bits per heavy atom. The summed E-state index contributed by atoms with van der Waals surface area (Å²) in [7, 11) is -0.762. The number of hydrogen-bond donors (Lipinski definition) is 0. The summed E-state index contributed by atoms with van der Waals surface area (Å²) in [6, 6.07) is 0. The topological polar surface area (TPSA) is 55.4 Å². The molecular weight excluding hydrogens is 298 g/mol. The molecule has 2 aliphatic heterocycles. The summed E-state index contributed by atoms with van der Waals surface area (Å²) >= 11 is 0. The van der Waals surface area contributed by atoms with Gasteiger partial charge in [-0.3, -0.25) is 0 Å². The number of ether oxygens (including phenoxy) is 1. The first-order chi connectivity index (χ1) is 10.9. The zero-order valence-corrected chi connectivity index (χ0v) is 15.0. The first kappa shape index (κ1) is 19.2. The second kappa shape index (κ2) is 8.83. The van der Waals surface area contributed by atoms with Crippen molar-refractivity contribution in [3.05, 3.63) is 0 Å². The van der Waals surface area contributed by atoms with Crippen molar-refractivity contribution >= 4 is 14.4 Å². The molecule has 8 heteroatoms. The highest BCUT2D eigenvalue weighted by Gasteiger charge is 2.34. The van der Waals surface area contributed by atoms with E-state index in [2.05, 4.69) is 27.7 Å². The van der Waals surface area contributed by atoms with Gasteiger partial charge in [0.25, 0.3) is 0 Å². The monoisotopic (exact) mass is 328 g/mol. The lowest BCUT2D eigenvalue weighted by atomic mass is 9.75. The van der Waals surface area contributed by atoms with E-state index in [9.17, 15) is 0 Å². The SMILES string of the molecule is CC(C)(COB1COCCO1)CC(C)(C)COB1OCCCO1. The van der Waals surface area contributed by atoms with E-state index >= 15 is 0 Å². The summed E-state index contributed by atoms with van der Waals surface area (Å²) in [5.41, 5.74) is 0.0168. The molecule has 2 heterocycles. The quantitative estimate of drug-likeness (QED) is 0.635. The van der Waals surface area contributed by atoms with Crippen molar-refractivity contribution in [2.45, 2.75) is 40.5 Å². The highest BCUT2D eigenvalue weighted by Crippen LogP contribution is 2.34. The second-order valence-corrected chi connectivity index (χ2v) is 7.89. The molecule has 0 atom stereocenters. The van der Waals surface area contributed by atoms with Crippen LogP contribution in [0.3, 0.4) is 0 Å². The third-order valence-corrected chi connectivity index (χ3v) is 3.81. The summed E-state index contributed by atoms with van der Waals surface area (Å²) < 4.78 is 33.4. The van der Waals surface area contributed by atoms with Crippen LogP contribution >= 0.6 is 0 Å². The molecule has 2 rings (SSSR count). The molecule has 0 unspecified atom stereocenters. The molecule has 2 saturated heterocycles. The van der Waals surface area contributed by atoms with Gasteiger partial charge in [0.1, 0.15) is 0 Å². The Bertz CT molecular complexity index is 309. The van der Waals surface area contributed by atoms with E-state index in [1.165, 1.54) is 0 Å². The minimum atomic E-state index is -0.518. The first-order valence-corrected chi connectivity index (χ1v) is 8.52. The predicted molar refractivity (Wildman–Crippen MR) is 88.9 cm³/mol. The first-order valence-electron chi connectivity index (χ1n) is 8.52. The van der Waals surface area contributed by atoms with Crippen molar-refractivity contribution in [1.29, 1.82) is 0 Å². The maximum absolute atomic E-state index is 5.85. The van der Waals surface area contributed by atoms with Gasteiger partial charge in [-0.05, 0) is 23.7 Å². The van der Waals surface area contributed by atoms with Gasteiger partial charge in [-0.15, -0.1) is 0 Å². The van der Waals surface area contributed by atoms with E-state index in [0.717, 1.165) is 12.8 Å². The maximum atomic E-state index is 5.85. The molecule has 0 amide bonds. The molecule has 0 aliphatic carbocycles. The fourth-order valence-corrected chi connectivity index (χ4v) is 3.13.